The van der Waals surface area contributed by atoms with Gasteiger partial charge in [-0.2, -0.15) is 4.98 Å². The van der Waals surface area contributed by atoms with Crippen molar-refractivity contribution in [3.05, 3.63) is 54.6 Å². The first-order valence-electron chi connectivity index (χ1n) is 9.62. The molecule has 0 N–H and O–H groups in total. The number of aromatic nitrogens is 4. The third kappa shape index (κ3) is 4.10. The van der Waals surface area contributed by atoms with Gasteiger partial charge in [0, 0.05) is 14.1 Å². The van der Waals surface area contributed by atoms with E-state index >= 15 is 0 Å². The lowest BCUT2D eigenvalue weighted by molar-refractivity contribution is -0.141. The smallest absolute Gasteiger partial charge is 0.332 e. The highest BCUT2D eigenvalue weighted by molar-refractivity contribution is 6.42. The minimum absolute atomic E-state index is 0.169. The quantitative estimate of drug-likeness (QED) is 0.570. The van der Waals surface area contributed by atoms with Crippen LogP contribution in [0.1, 0.15) is 19.4 Å². The average Bonchev–Trinajstić information content (AvgIpc) is 3.25. The van der Waals surface area contributed by atoms with Crippen LogP contribution in [0.3, 0.4) is 0 Å². The second-order valence-corrected chi connectivity index (χ2v) is 8.68. The number of hydrogen-bond acceptors (Lipinski definition) is 6. The molecule has 0 saturated carbocycles. The van der Waals surface area contributed by atoms with Crippen molar-refractivity contribution in [1.29, 1.82) is 0 Å². The summed E-state index contributed by atoms with van der Waals surface area (Å²) in [4.78, 5) is 29.7. The van der Waals surface area contributed by atoms with E-state index in [4.69, 9.17) is 37.4 Å². The molecule has 1 fully saturated rings. The number of aryl methyl sites for hydroxylation is 1. The summed E-state index contributed by atoms with van der Waals surface area (Å²) in [5, 5.41) is 0.821. The van der Waals surface area contributed by atoms with E-state index in [1.54, 1.807) is 29.8 Å². The molecule has 3 aromatic rings. The van der Waals surface area contributed by atoms with Gasteiger partial charge in [-0.1, -0.05) is 29.3 Å². The third-order valence-electron chi connectivity index (χ3n) is 5.10. The largest absolute Gasteiger partial charge is 0.462 e. The molecule has 1 atom stereocenters. The summed E-state index contributed by atoms with van der Waals surface area (Å²) in [5.74, 6) is -0.686. The van der Waals surface area contributed by atoms with Crippen molar-refractivity contribution in [2.45, 2.75) is 32.3 Å². The molecule has 0 aliphatic carbocycles. The molecule has 0 bridgehead atoms. The van der Waals surface area contributed by atoms with Crippen LogP contribution in [0.15, 0.2) is 27.8 Å². The zero-order chi connectivity index (χ0) is 22.5. The molecule has 166 valence electrons. The minimum atomic E-state index is -0.686. The predicted molar refractivity (Wildman–Crippen MR) is 116 cm³/mol. The maximum Gasteiger partial charge on any atom is 0.332 e. The standard InChI is InChI=1S/C20H22Cl2N4O5/c1-20(2)30-10-12(31-20)9-29-18-23-16-15(17(27)25(4)19(28)24(16)3)26(18)8-11-5-6-13(21)14(22)7-11/h5-7,12H,8-10H2,1-4H3/t12-/m0/s1. The second-order valence-electron chi connectivity index (χ2n) is 7.87. The first kappa shape index (κ1) is 21.9. The van der Waals surface area contributed by atoms with Crippen molar-refractivity contribution < 1.29 is 14.2 Å². The van der Waals surface area contributed by atoms with E-state index in [0.717, 1.165) is 10.1 Å². The summed E-state index contributed by atoms with van der Waals surface area (Å²) in [6.07, 6.45) is -0.292. The summed E-state index contributed by atoms with van der Waals surface area (Å²) in [7, 11) is 2.98. The van der Waals surface area contributed by atoms with E-state index in [-0.39, 0.29) is 36.4 Å². The van der Waals surface area contributed by atoms with Crippen molar-refractivity contribution in [3.8, 4) is 6.01 Å². The molecule has 2 aromatic heterocycles. The average molecular weight is 469 g/mol. The first-order valence-corrected chi connectivity index (χ1v) is 10.4. The molecule has 0 amide bonds. The van der Waals surface area contributed by atoms with E-state index in [1.807, 2.05) is 13.8 Å². The highest BCUT2D eigenvalue weighted by atomic mass is 35.5. The zero-order valence-electron chi connectivity index (χ0n) is 17.5. The lowest BCUT2D eigenvalue weighted by atomic mass is 10.2. The SMILES string of the molecule is Cn1c(=O)c2c(nc(OC[C@H]3COC(C)(C)O3)n2Cc2ccc(Cl)c(Cl)c2)n(C)c1=O. The Morgan fingerprint density at radius 2 is 1.94 bits per heavy atom. The Morgan fingerprint density at radius 3 is 2.58 bits per heavy atom. The third-order valence-corrected chi connectivity index (χ3v) is 5.84. The Labute approximate surface area is 187 Å². The summed E-state index contributed by atoms with van der Waals surface area (Å²) in [5.41, 5.74) is 0.317. The van der Waals surface area contributed by atoms with Crippen LogP contribution < -0.4 is 16.0 Å². The van der Waals surface area contributed by atoms with Crippen molar-refractivity contribution in [3.63, 3.8) is 0 Å². The van der Waals surface area contributed by atoms with Gasteiger partial charge in [0.15, 0.2) is 17.0 Å². The van der Waals surface area contributed by atoms with Crippen LogP contribution in [0.4, 0.5) is 0 Å². The van der Waals surface area contributed by atoms with Gasteiger partial charge in [0.1, 0.15) is 12.7 Å². The number of hydrogen-bond donors (Lipinski definition) is 0. The van der Waals surface area contributed by atoms with Gasteiger partial charge in [0.25, 0.3) is 11.6 Å². The van der Waals surface area contributed by atoms with Gasteiger partial charge in [-0.25, -0.2) is 4.79 Å². The molecule has 9 nitrogen and oxygen atoms in total. The van der Waals surface area contributed by atoms with Crippen LogP contribution in [0, 0.1) is 0 Å². The maximum atomic E-state index is 12.9. The van der Waals surface area contributed by atoms with Crippen LogP contribution in [0.5, 0.6) is 6.01 Å². The molecule has 1 aromatic carbocycles. The maximum absolute atomic E-state index is 12.9. The van der Waals surface area contributed by atoms with E-state index < -0.39 is 17.0 Å². The number of ether oxygens (including phenoxy) is 3. The van der Waals surface area contributed by atoms with Gasteiger partial charge in [-0.15, -0.1) is 0 Å². The van der Waals surface area contributed by atoms with Crippen molar-refractivity contribution in [1.82, 2.24) is 18.7 Å². The topological polar surface area (TPSA) is 89.5 Å². The molecule has 1 aliphatic heterocycles. The Kier molecular flexibility index (Phi) is 5.63. The number of rotatable bonds is 5. The fourth-order valence-electron chi connectivity index (χ4n) is 3.52. The van der Waals surface area contributed by atoms with Gasteiger partial charge in [-0.3, -0.25) is 18.5 Å². The summed E-state index contributed by atoms with van der Waals surface area (Å²) >= 11 is 12.2. The number of imidazole rings is 1. The van der Waals surface area contributed by atoms with E-state index in [9.17, 15) is 9.59 Å². The van der Waals surface area contributed by atoms with Crippen LogP contribution in [0.2, 0.25) is 10.0 Å². The van der Waals surface area contributed by atoms with Crippen molar-refractivity contribution >= 4 is 34.4 Å². The highest BCUT2D eigenvalue weighted by Gasteiger charge is 2.33. The molecular formula is C20H22Cl2N4O5. The van der Waals surface area contributed by atoms with Gasteiger partial charge in [0.05, 0.1) is 23.2 Å². The zero-order valence-corrected chi connectivity index (χ0v) is 19.0. The molecule has 0 radical (unpaired) electrons. The van der Waals surface area contributed by atoms with Crippen LogP contribution in [-0.4, -0.2) is 43.8 Å². The van der Waals surface area contributed by atoms with E-state index in [2.05, 4.69) is 4.98 Å². The molecule has 31 heavy (non-hydrogen) atoms. The molecule has 0 spiro atoms. The van der Waals surface area contributed by atoms with E-state index in [1.165, 1.54) is 11.6 Å². The number of fused-ring (bicyclic) bond motifs is 1. The Balaban J connectivity index is 1.78. The number of nitrogens with zero attached hydrogens (tertiary/aromatic N) is 4. The normalized spacial score (nSPS) is 18.1. The Morgan fingerprint density at radius 1 is 1.19 bits per heavy atom. The van der Waals surface area contributed by atoms with Gasteiger partial charge < -0.3 is 14.2 Å². The first-order chi connectivity index (χ1) is 14.6. The Bertz CT molecular complexity index is 1280. The predicted octanol–water partition coefficient (Wildman–Crippen LogP) is 2.32. The van der Waals surface area contributed by atoms with Gasteiger partial charge >= 0.3 is 5.69 Å². The van der Waals surface area contributed by atoms with E-state index in [0.29, 0.717) is 16.7 Å². The summed E-state index contributed by atoms with van der Waals surface area (Å²) in [6.45, 7) is 4.43. The van der Waals surface area contributed by atoms with Crippen LogP contribution in [0.25, 0.3) is 11.2 Å². The second kappa shape index (κ2) is 7.98. The van der Waals surface area contributed by atoms with Crippen LogP contribution >= 0.6 is 23.2 Å². The number of halogens is 2. The monoisotopic (exact) mass is 468 g/mol. The summed E-state index contributed by atoms with van der Waals surface area (Å²) in [6, 6.07) is 5.38. The fourth-order valence-corrected chi connectivity index (χ4v) is 3.84. The van der Waals surface area contributed by atoms with Crippen molar-refractivity contribution in [2.75, 3.05) is 13.2 Å². The Hall–Kier alpha value is -2.33. The van der Waals surface area contributed by atoms with Crippen LogP contribution in [-0.2, 0) is 30.1 Å². The van der Waals surface area contributed by atoms with Gasteiger partial charge in [0.2, 0.25) is 0 Å². The lowest BCUT2D eigenvalue weighted by Crippen LogP contribution is -2.37. The molecule has 0 unspecified atom stereocenters. The lowest BCUT2D eigenvalue weighted by Gasteiger charge is -2.17. The van der Waals surface area contributed by atoms with Gasteiger partial charge in [-0.05, 0) is 31.5 Å². The molecular weight excluding hydrogens is 447 g/mol. The molecule has 4 rings (SSSR count). The highest BCUT2D eigenvalue weighted by Crippen LogP contribution is 2.27. The summed E-state index contributed by atoms with van der Waals surface area (Å²) < 4.78 is 21.3. The van der Waals surface area contributed by atoms with Crippen molar-refractivity contribution in [2.24, 2.45) is 14.1 Å². The molecule has 1 aliphatic rings. The number of benzene rings is 1. The molecule has 11 heteroatoms. The molecule has 1 saturated heterocycles. The fraction of sp³-hybridized carbons (Fsp3) is 0.450. The molecule has 3 heterocycles. The minimum Gasteiger partial charge on any atom is -0.462 e.